The molecule has 50 heavy (non-hydrogen) atoms. The lowest BCUT2D eigenvalue weighted by molar-refractivity contribution is -0.172. The second kappa shape index (κ2) is 23.3. The predicted octanol–water partition coefficient (Wildman–Crippen LogP) is 6.19. The third-order valence-corrected chi connectivity index (χ3v) is 7.91. The highest BCUT2D eigenvalue weighted by molar-refractivity contribution is 5.95. The van der Waals surface area contributed by atoms with E-state index in [4.69, 9.17) is 9.47 Å². The summed E-state index contributed by atoms with van der Waals surface area (Å²) in [7, 11) is 0. The van der Waals surface area contributed by atoms with Crippen LogP contribution < -0.4 is 10.1 Å². The van der Waals surface area contributed by atoms with Crippen LogP contribution in [0.25, 0.3) is 0 Å². The molecule has 0 spiro atoms. The van der Waals surface area contributed by atoms with E-state index in [1.165, 1.54) is 18.6 Å². The van der Waals surface area contributed by atoms with Gasteiger partial charge in [0, 0.05) is 19.3 Å². The molecule has 11 heteroatoms. The summed E-state index contributed by atoms with van der Waals surface area (Å²) in [5.74, 6) is -0.852. The van der Waals surface area contributed by atoms with E-state index in [1.54, 1.807) is 52.0 Å². The van der Waals surface area contributed by atoms with Crippen molar-refractivity contribution >= 4 is 29.6 Å². The third-order valence-electron chi connectivity index (χ3n) is 7.91. The zero-order valence-electron chi connectivity index (χ0n) is 30.4. The van der Waals surface area contributed by atoms with E-state index in [2.05, 4.69) is 24.1 Å². The van der Waals surface area contributed by atoms with E-state index in [-0.39, 0.29) is 18.8 Å². The average molecular weight is 700 g/mol. The standard InChI is InChI=1S/C39H57NO10/c1-6-8-10-13-16-19-30(41)20-17-14-11-12-15-18-21-32(39(48,37(46)47)28-34(42)43)35(44)40-33(36(45)50-38(3,4)5)27-29-22-24-31(25-23-29)49-26-9-7-2/h18,21-25,32-33,48H,6,8,10-17,19-20,26-28H2,1-5H3,(H,40,44)(H,42,43)(H,46,47)/b21-18+/t32-,33+,39+/m1/s1. The molecule has 1 aromatic carbocycles. The molecule has 0 bridgehead atoms. The summed E-state index contributed by atoms with van der Waals surface area (Å²) >= 11 is 0. The molecule has 1 rings (SSSR count). The van der Waals surface area contributed by atoms with Gasteiger partial charge < -0.3 is 30.1 Å². The topological polar surface area (TPSA) is 177 Å². The minimum Gasteiger partial charge on any atom is -0.481 e. The summed E-state index contributed by atoms with van der Waals surface area (Å²) in [5.41, 5.74) is -3.29. The fraction of sp³-hybridized carbons (Fsp3) is 0.615. The van der Waals surface area contributed by atoms with Crippen LogP contribution in [0.15, 0.2) is 36.4 Å². The van der Waals surface area contributed by atoms with E-state index in [1.807, 2.05) is 0 Å². The summed E-state index contributed by atoms with van der Waals surface area (Å²) in [4.78, 5) is 62.9. The van der Waals surface area contributed by atoms with Crippen molar-refractivity contribution < 1.29 is 48.8 Å². The second-order valence-electron chi connectivity index (χ2n) is 13.5. The summed E-state index contributed by atoms with van der Waals surface area (Å²) in [5, 5.41) is 33.0. The quantitative estimate of drug-likeness (QED) is 0.0398. The number of allylic oxidation sites excluding steroid dienone is 1. The number of unbranched alkanes of at least 4 members (excludes halogenated alkanes) is 8. The molecule has 0 aliphatic heterocycles. The van der Waals surface area contributed by atoms with Crippen LogP contribution in [-0.4, -0.2) is 68.8 Å². The molecule has 0 fully saturated rings. The predicted molar refractivity (Wildman–Crippen MR) is 190 cm³/mol. The number of ketones is 1. The molecule has 11 nitrogen and oxygen atoms in total. The third kappa shape index (κ3) is 18.0. The number of aliphatic carboxylic acids is 2. The number of Topliss-reactive ketones (excluding diaryl/α,β-unsaturated/α-hetero) is 1. The number of carbonyl (C=O) groups is 5. The molecule has 0 saturated heterocycles. The summed E-state index contributed by atoms with van der Waals surface area (Å²) in [6.07, 6.45) is 11.6. The highest BCUT2D eigenvalue weighted by Crippen LogP contribution is 2.26. The lowest BCUT2D eigenvalue weighted by Gasteiger charge is -2.30. The van der Waals surface area contributed by atoms with E-state index in [0.717, 1.165) is 44.9 Å². The molecule has 0 unspecified atom stereocenters. The van der Waals surface area contributed by atoms with Crippen molar-refractivity contribution in [1.82, 2.24) is 5.32 Å². The highest BCUT2D eigenvalue weighted by Gasteiger charge is 2.49. The number of nitrogens with one attached hydrogen (secondary N) is 1. The number of esters is 1. The van der Waals surface area contributed by atoms with Gasteiger partial charge in [0.15, 0.2) is 5.60 Å². The van der Waals surface area contributed by atoms with Gasteiger partial charge in [0.1, 0.15) is 29.8 Å². The first kappa shape index (κ1) is 43.9. The van der Waals surface area contributed by atoms with Crippen LogP contribution in [0.2, 0.25) is 0 Å². The average Bonchev–Trinajstić information content (AvgIpc) is 3.03. The van der Waals surface area contributed by atoms with Crippen molar-refractivity contribution in [1.29, 1.82) is 0 Å². The van der Waals surface area contributed by atoms with Crippen LogP contribution in [0.5, 0.6) is 5.75 Å². The van der Waals surface area contributed by atoms with Gasteiger partial charge in [-0.1, -0.05) is 75.7 Å². The SMILES string of the molecule is CC#CCOc1ccc(C[C@H](NC(=O)[C@@H](/C=C/CCCCCCC(=O)CCCCCCC)[C@@](O)(CC(=O)O)C(=O)O)C(=O)OC(C)(C)C)cc1. The Morgan fingerprint density at radius 1 is 0.900 bits per heavy atom. The number of carboxylic acid groups (broad SMARTS) is 2. The maximum absolute atomic E-state index is 13.7. The van der Waals surface area contributed by atoms with Crippen LogP contribution in [0.1, 0.15) is 124 Å². The van der Waals surface area contributed by atoms with E-state index in [9.17, 15) is 39.3 Å². The molecule has 0 radical (unpaired) electrons. The Labute approximate surface area is 297 Å². The van der Waals surface area contributed by atoms with Gasteiger partial charge >= 0.3 is 17.9 Å². The van der Waals surface area contributed by atoms with Crippen LogP contribution in [-0.2, 0) is 35.1 Å². The number of aliphatic hydroxyl groups is 1. The molecule has 3 atom stereocenters. The van der Waals surface area contributed by atoms with Crippen LogP contribution >= 0.6 is 0 Å². The first-order valence-electron chi connectivity index (χ1n) is 17.6. The summed E-state index contributed by atoms with van der Waals surface area (Å²) < 4.78 is 11.1. The van der Waals surface area contributed by atoms with Gasteiger partial charge in [-0.15, -0.1) is 5.92 Å². The minimum absolute atomic E-state index is 0.0437. The number of hydrogen-bond donors (Lipinski definition) is 4. The fourth-order valence-electron chi connectivity index (χ4n) is 5.21. The molecule has 278 valence electrons. The monoisotopic (exact) mass is 699 g/mol. The number of hydrogen-bond acceptors (Lipinski definition) is 8. The molecule has 1 aromatic rings. The summed E-state index contributed by atoms with van der Waals surface area (Å²) in [6, 6.07) is 5.44. The molecule has 0 aromatic heterocycles. The van der Waals surface area contributed by atoms with Gasteiger partial charge in [-0.3, -0.25) is 14.4 Å². The van der Waals surface area contributed by atoms with Crippen LogP contribution in [0.3, 0.4) is 0 Å². The van der Waals surface area contributed by atoms with Crippen molar-refractivity contribution in [2.45, 2.75) is 142 Å². The minimum atomic E-state index is -3.00. The fourth-order valence-corrected chi connectivity index (χ4v) is 5.21. The second-order valence-corrected chi connectivity index (χ2v) is 13.5. The Morgan fingerprint density at radius 3 is 2.04 bits per heavy atom. The Balaban J connectivity index is 3.03. The maximum atomic E-state index is 13.7. The highest BCUT2D eigenvalue weighted by atomic mass is 16.6. The van der Waals surface area contributed by atoms with E-state index < -0.39 is 53.4 Å². The van der Waals surface area contributed by atoms with Crippen molar-refractivity contribution in [2.75, 3.05) is 6.61 Å². The molecule has 0 aliphatic rings. The molecular weight excluding hydrogens is 642 g/mol. The van der Waals surface area contributed by atoms with Crippen molar-refractivity contribution in [3.63, 3.8) is 0 Å². The molecule has 4 N–H and O–H groups in total. The number of ether oxygens (including phenoxy) is 2. The number of amides is 1. The number of carbonyl (C=O) groups excluding carboxylic acids is 3. The van der Waals surface area contributed by atoms with Crippen LogP contribution in [0.4, 0.5) is 0 Å². The van der Waals surface area contributed by atoms with Crippen molar-refractivity contribution in [3.8, 4) is 17.6 Å². The molecular formula is C39H57NO10. The first-order valence-corrected chi connectivity index (χ1v) is 17.6. The van der Waals surface area contributed by atoms with E-state index in [0.29, 0.717) is 37.0 Å². The zero-order chi connectivity index (χ0) is 37.6. The molecule has 0 saturated carbocycles. The van der Waals surface area contributed by atoms with Crippen molar-refractivity contribution in [2.24, 2.45) is 5.92 Å². The Hall–Kier alpha value is -4.17. The Kier molecular flexibility index (Phi) is 20.4. The zero-order valence-corrected chi connectivity index (χ0v) is 30.4. The normalized spacial score (nSPS) is 13.7. The Morgan fingerprint density at radius 2 is 1.50 bits per heavy atom. The molecule has 0 aliphatic carbocycles. The summed E-state index contributed by atoms with van der Waals surface area (Å²) in [6.45, 7) is 9.02. The van der Waals surface area contributed by atoms with Gasteiger partial charge in [0.05, 0.1) is 12.3 Å². The molecule has 1 amide bonds. The smallest absolute Gasteiger partial charge is 0.337 e. The maximum Gasteiger partial charge on any atom is 0.337 e. The van der Waals surface area contributed by atoms with Gasteiger partial charge in [0.2, 0.25) is 5.91 Å². The number of benzene rings is 1. The van der Waals surface area contributed by atoms with Crippen molar-refractivity contribution in [3.05, 3.63) is 42.0 Å². The largest absolute Gasteiger partial charge is 0.481 e. The molecule has 0 heterocycles. The van der Waals surface area contributed by atoms with Gasteiger partial charge in [0.25, 0.3) is 0 Å². The van der Waals surface area contributed by atoms with Gasteiger partial charge in [-0.2, -0.15) is 0 Å². The Bertz CT molecular complexity index is 1320. The number of carboxylic acids is 2. The lowest BCUT2D eigenvalue weighted by atomic mass is 9.82. The lowest BCUT2D eigenvalue weighted by Crippen LogP contribution is -2.56. The van der Waals surface area contributed by atoms with Gasteiger partial charge in [-0.05, 0) is 71.1 Å². The van der Waals surface area contributed by atoms with Crippen LogP contribution in [0, 0.1) is 17.8 Å². The number of rotatable bonds is 25. The first-order chi connectivity index (χ1) is 23.6. The van der Waals surface area contributed by atoms with Gasteiger partial charge in [-0.25, -0.2) is 9.59 Å². The van der Waals surface area contributed by atoms with E-state index >= 15 is 0 Å².